The molecule has 3 aromatic carbocycles. The largest absolute Gasteiger partial charge is 0.496 e. The van der Waals surface area contributed by atoms with Crippen molar-refractivity contribution in [2.45, 2.75) is 38.8 Å². The second-order valence-corrected chi connectivity index (χ2v) is 10.3. The van der Waals surface area contributed by atoms with Gasteiger partial charge < -0.3 is 25.1 Å². The van der Waals surface area contributed by atoms with Crippen LogP contribution in [0.4, 0.5) is 4.39 Å². The predicted octanol–water partition coefficient (Wildman–Crippen LogP) is 4.87. The van der Waals surface area contributed by atoms with E-state index in [1.807, 2.05) is 30.5 Å². The first-order valence-electron chi connectivity index (χ1n) is 13.6. The number of aromatic amines is 1. The van der Waals surface area contributed by atoms with Gasteiger partial charge in [0.15, 0.2) is 5.78 Å². The Morgan fingerprint density at radius 1 is 1.00 bits per heavy atom. The molecule has 1 atom stereocenters. The molecule has 0 bridgehead atoms. The molecule has 0 aliphatic carbocycles. The molecular formula is C33H32FN3O5. The van der Waals surface area contributed by atoms with Crippen LogP contribution in [-0.4, -0.2) is 36.8 Å². The molecule has 3 N–H and O–H groups in total. The number of Topliss-reactive ketones (excluding diaryl/α,β-unsaturated/α-hetero) is 1. The van der Waals surface area contributed by atoms with Gasteiger partial charge in [0.2, 0.25) is 11.8 Å². The van der Waals surface area contributed by atoms with Gasteiger partial charge in [-0.25, -0.2) is 4.39 Å². The highest BCUT2D eigenvalue weighted by atomic mass is 19.1. The van der Waals surface area contributed by atoms with Crippen molar-refractivity contribution in [3.8, 4) is 11.5 Å². The number of amides is 2. The number of benzene rings is 3. The minimum Gasteiger partial charge on any atom is -0.496 e. The summed E-state index contributed by atoms with van der Waals surface area (Å²) >= 11 is 0. The molecule has 1 unspecified atom stereocenters. The fraction of sp³-hybridized carbons (Fsp3) is 0.242. The minimum absolute atomic E-state index is 0.108. The number of halogens is 1. The Labute approximate surface area is 242 Å². The summed E-state index contributed by atoms with van der Waals surface area (Å²) in [4.78, 5) is 42.2. The van der Waals surface area contributed by atoms with Gasteiger partial charge in [0.1, 0.15) is 17.3 Å². The Bertz CT molecular complexity index is 1680. The van der Waals surface area contributed by atoms with E-state index in [-0.39, 0.29) is 43.1 Å². The second kappa shape index (κ2) is 12.3. The molecule has 5 rings (SSSR count). The molecule has 2 amide bonds. The van der Waals surface area contributed by atoms with Crippen LogP contribution in [0.2, 0.25) is 0 Å². The molecule has 0 spiro atoms. The number of fused-ring (bicyclic) bond motifs is 1. The lowest BCUT2D eigenvalue weighted by Gasteiger charge is -2.28. The fourth-order valence-corrected chi connectivity index (χ4v) is 5.44. The first kappa shape index (κ1) is 28.6. The Kier molecular flexibility index (Phi) is 8.38. The number of aromatic nitrogens is 1. The highest BCUT2D eigenvalue weighted by Crippen LogP contribution is 2.33. The lowest BCUT2D eigenvalue weighted by Crippen LogP contribution is -2.37. The van der Waals surface area contributed by atoms with Crippen molar-refractivity contribution in [3.05, 3.63) is 106 Å². The van der Waals surface area contributed by atoms with Crippen LogP contribution in [0.25, 0.3) is 10.9 Å². The van der Waals surface area contributed by atoms with Crippen molar-refractivity contribution in [3.63, 3.8) is 0 Å². The van der Waals surface area contributed by atoms with Crippen molar-refractivity contribution in [2.75, 3.05) is 14.2 Å². The van der Waals surface area contributed by atoms with Gasteiger partial charge in [-0.3, -0.25) is 14.4 Å². The number of hydrogen-bond donors (Lipinski definition) is 3. The molecule has 0 saturated carbocycles. The molecule has 9 heteroatoms. The molecule has 1 aromatic heterocycles. The lowest BCUT2D eigenvalue weighted by atomic mass is 9.85. The first-order valence-corrected chi connectivity index (χ1v) is 13.6. The molecule has 0 fully saturated rings. The second-order valence-electron chi connectivity index (χ2n) is 10.3. The van der Waals surface area contributed by atoms with Crippen LogP contribution in [0.5, 0.6) is 11.5 Å². The number of rotatable bonds is 10. The maximum atomic E-state index is 14.9. The number of hydrogen-bond acceptors (Lipinski definition) is 5. The van der Waals surface area contributed by atoms with Gasteiger partial charge in [0, 0.05) is 30.1 Å². The first-order chi connectivity index (χ1) is 20.3. The van der Waals surface area contributed by atoms with Gasteiger partial charge in [-0.1, -0.05) is 23.8 Å². The quantitative estimate of drug-likeness (QED) is 0.253. The molecule has 0 radical (unpaired) electrons. The molecule has 2 heterocycles. The van der Waals surface area contributed by atoms with E-state index in [0.29, 0.717) is 33.8 Å². The Morgan fingerprint density at radius 2 is 1.76 bits per heavy atom. The van der Waals surface area contributed by atoms with E-state index >= 15 is 0 Å². The van der Waals surface area contributed by atoms with E-state index < -0.39 is 17.8 Å². The fourth-order valence-electron chi connectivity index (χ4n) is 5.44. The third-order valence-electron chi connectivity index (χ3n) is 7.51. The third-order valence-corrected chi connectivity index (χ3v) is 7.51. The molecule has 4 aromatic rings. The zero-order valence-electron chi connectivity index (χ0n) is 23.7. The molecule has 42 heavy (non-hydrogen) atoms. The number of H-pyrrole nitrogens is 1. The van der Waals surface area contributed by atoms with Crippen LogP contribution in [0, 0.1) is 5.82 Å². The van der Waals surface area contributed by atoms with Crippen molar-refractivity contribution in [1.82, 2.24) is 15.6 Å². The molecule has 1 aliphatic heterocycles. The van der Waals surface area contributed by atoms with E-state index in [2.05, 4.69) is 15.6 Å². The summed E-state index contributed by atoms with van der Waals surface area (Å²) in [6, 6.07) is 16.6. The number of ether oxygens (including phenoxy) is 2. The summed E-state index contributed by atoms with van der Waals surface area (Å²) in [5.41, 5.74) is 4.33. The molecule has 8 nitrogen and oxygen atoms in total. The maximum Gasteiger partial charge on any atom is 0.224 e. The van der Waals surface area contributed by atoms with Gasteiger partial charge in [0.25, 0.3) is 0 Å². The van der Waals surface area contributed by atoms with Crippen LogP contribution in [-0.2, 0) is 33.8 Å². The summed E-state index contributed by atoms with van der Waals surface area (Å²) in [5.74, 6) is -0.195. The number of nitrogens with one attached hydrogen (secondary N) is 3. The van der Waals surface area contributed by atoms with Gasteiger partial charge in [-0.15, -0.1) is 0 Å². The van der Waals surface area contributed by atoms with Gasteiger partial charge >= 0.3 is 0 Å². The summed E-state index contributed by atoms with van der Waals surface area (Å²) in [6.07, 6.45) is 1.87. The summed E-state index contributed by atoms with van der Waals surface area (Å²) < 4.78 is 25.7. The average Bonchev–Trinajstić information content (AvgIpc) is 3.44. The van der Waals surface area contributed by atoms with Crippen LogP contribution in [0.1, 0.15) is 41.6 Å². The summed E-state index contributed by atoms with van der Waals surface area (Å²) in [5, 5.41) is 6.71. The van der Waals surface area contributed by atoms with Gasteiger partial charge in [-0.2, -0.15) is 0 Å². The average molecular weight is 570 g/mol. The van der Waals surface area contributed by atoms with Crippen molar-refractivity contribution >= 4 is 28.5 Å². The molecule has 1 aliphatic rings. The van der Waals surface area contributed by atoms with Crippen LogP contribution < -0.4 is 20.1 Å². The molecule has 0 saturated heterocycles. The summed E-state index contributed by atoms with van der Waals surface area (Å²) in [6.45, 7) is 1.90. The van der Waals surface area contributed by atoms with Gasteiger partial charge in [0.05, 0.1) is 38.8 Å². The highest BCUT2D eigenvalue weighted by Gasteiger charge is 2.31. The normalized spacial score (nSPS) is 15.0. The van der Waals surface area contributed by atoms with Crippen LogP contribution >= 0.6 is 0 Å². The number of carbonyl (C=O) groups is 3. The zero-order valence-corrected chi connectivity index (χ0v) is 23.7. The van der Waals surface area contributed by atoms with Crippen molar-refractivity contribution < 1.29 is 28.2 Å². The highest BCUT2D eigenvalue weighted by molar-refractivity contribution is 6.02. The Balaban J connectivity index is 1.35. The topological polar surface area (TPSA) is 110 Å². The van der Waals surface area contributed by atoms with Crippen LogP contribution in [0.15, 0.2) is 78.0 Å². The van der Waals surface area contributed by atoms with E-state index in [4.69, 9.17) is 9.47 Å². The number of ketones is 1. The zero-order chi connectivity index (χ0) is 29.8. The standard InChI is InChI=1S/C33H32FN3O5/c1-19-13-31(40)37-33(32(19)27(38)15-20-7-10-26-21(14-20)11-12-35-26)22-8-9-25(34)23(16-22)17-30(39)36-18-24-28(41-2)5-4-6-29(24)42-3/h4-12,14,16,33,35H,13,15,17-18H2,1-3H3,(H,36,39)(H,37,40). The Hall–Kier alpha value is -4.92. The minimum atomic E-state index is -0.755. The summed E-state index contributed by atoms with van der Waals surface area (Å²) in [7, 11) is 3.06. The van der Waals surface area contributed by atoms with Gasteiger partial charge in [-0.05, 0) is 71.5 Å². The van der Waals surface area contributed by atoms with Crippen LogP contribution in [0.3, 0.4) is 0 Å². The van der Waals surface area contributed by atoms with E-state index in [9.17, 15) is 18.8 Å². The smallest absolute Gasteiger partial charge is 0.224 e. The molecular weight excluding hydrogens is 537 g/mol. The molecule has 216 valence electrons. The SMILES string of the molecule is COc1cccc(OC)c1CNC(=O)Cc1cc(C2NC(=O)CC(C)=C2C(=O)Cc2ccc3[nH]ccc3c2)ccc1F. The van der Waals surface area contributed by atoms with Crippen molar-refractivity contribution in [1.29, 1.82) is 0 Å². The maximum absolute atomic E-state index is 14.9. The van der Waals surface area contributed by atoms with Crippen molar-refractivity contribution in [2.24, 2.45) is 0 Å². The Morgan fingerprint density at radius 3 is 2.50 bits per heavy atom. The number of methoxy groups -OCH3 is 2. The predicted molar refractivity (Wildman–Crippen MR) is 157 cm³/mol. The monoisotopic (exact) mass is 569 g/mol. The van der Waals surface area contributed by atoms with E-state index in [1.54, 1.807) is 37.3 Å². The third kappa shape index (κ3) is 6.05. The number of carbonyl (C=O) groups excluding carboxylic acids is 3. The van der Waals surface area contributed by atoms with E-state index in [0.717, 1.165) is 16.5 Å². The lowest BCUT2D eigenvalue weighted by molar-refractivity contribution is -0.122. The van der Waals surface area contributed by atoms with E-state index in [1.165, 1.54) is 20.3 Å².